The molecule has 0 radical (unpaired) electrons. The fraction of sp³-hybridized carbons (Fsp3) is 0.765. The van der Waals surface area contributed by atoms with Crippen LogP contribution < -0.4 is 0 Å². The van der Waals surface area contributed by atoms with E-state index < -0.39 is 0 Å². The van der Waals surface area contributed by atoms with Gasteiger partial charge in [0, 0.05) is 0 Å². The average Bonchev–Trinajstić information content (AvgIpc) is 2.35. The molecule has 0 bridgehead atoms. The van der Waals surface area contributed by atoms with Crippen LogP contribution in [-0.4, -0.2) is 0 Å². The summed E-state index contributed by atoms with van der Waals surface area (Å²) in [4.78, 5) is 0. The molecule has 0 spiro atoms. The van der Waals surface area contributed by atoms with Crippen molar-refractivity contribution in [1.29, 1.82) is 0 Å². The van der Waals surface area contributed by atoms with Crippen LogP contribution in [0.3, 0.4) is 0 Å². The molecule has 0 unspecified atom stereocenters. The average molecular weight is 236 g/mol. The molecule has 0 saturated heterocycles. The Morgan fingerprint density at radius 3 is 1.53 bits per heavy atom. The second-order valence-corrected chi connectivity index (χ2v) is 4.91. The molecule has 0 heteroatoms. The number of rotatable bonds is 12. The van der Waals surface area contributed by atoms with Gasteiger partial charge < -0.3 is 0 Å². The summed E-state index contributed by atoms with van der Waals surface area (Å²) in [6, 6.07) is 0. The van der Waals surface area contributed by atoms with Gasteiger partial charge in [0.25, 0.3) is 0 Å². The van der Waals surface area contributed by atoms with Gasteiger partial charge in [-0.15, -0.1) is 0 Å². The molecule has 0 N–H and O–H groups in total. The molecule has 0 aliphatic heterocycles. The predicted octanol–water partition coefficient (Wildman–Crippen LogP) is 6.43. The Kier molecular flexibility index (Phi) is 15.0. The molecule has 0 atom stereocenters. The van der Waals surface area contributed by atoms with Crippen LogP contribution in [0.25, 0.3) is 0 Å². The molecule has 0 heterocycles. The summed E-state index contributed by atoms with van der Waals surface area (Å²) in [5.74, 6) is 0. The molecule has 0 saturated carbocycles. The first-order valence-electron chi connectivity index (χ1n) is 7.73. The fourth-order valence-electron chi connectivity index (χ4n) is 1.90. The van der Waals surface area contributed by atoms with Gasteiger partial charge >= 0.3 is 0 Å². The van der Waals surface area contributed by atoms with Crippen LogP contribution in [0.15, 0.2) is 24.3 Å². The minimum Gasteiger partial charge on any atom is -0.0845 e. The van der Waals surface area contributed by atoms with Crippen LogP contribution in [0, 0.1) is 0 Å². The highest BCUT2D eigenvalue weighted by atomic mass is 13.9. The highest BCUT2D eigenvalue weighted by molar-refractivity contribution is 5.02. The molecule has 0 aromatic carbocycles. The zero-order chi connectivity index (χ0) is 12.6. The monoisotopic (exact) mass is 236 g/mol. The smallest absolute Gasteiger partial charge is 0.0348 e. The summed E-state index contributed by atoms with van der Waals surface area (Å²) in [5, 5.41) is 0. The molecular formula is C17H32. The normalized spacial score (nSPS) is 11.9. The Morgan fingerprint density at radius 1 is 0.529 bits per heavy atom. The van der Waals surface area contributed by atoms with E-state index in [4.69, 9.17) is 0 Å². The summed E-state index contributed by atoms with van der Waals surface area (Å²) in [7, 11) is 0. The maximum Gasteiger partial charge on any atom is -0.0348 e. The number of allylic oxidation sites excluding steroid dienone is 4. The van der Waals surface area contributed by atoms with E-state index in [1.807, 2.05) is 0 Å². The first-order chi connectivity index (χ1) is 8.41. The highest BCUT2D eigenvalue weighted by Crippen LogP contribution is 2.07. The summed E-state index contributed by atoms with van der Waals surface area (Å²) < 4.78 is 0. The van der Waals surface area contributed by atoms with E-state index in [9.17, 15) is 0 Å². The summed E-state index contributed by atoms with van der Waals surface area (Å²) >= 11 is 0. The zero-order valence-corrected chi connectivity index (χ0v) is 12.1. The summed E-state index contributed by atoms with van der Waals surface area (Å²) in [6.07, 6.45) is 24.0. The van der Waals surface area contributed by atoms with Gasteiger partial charge in [0.15, 0.2) is 0 Å². The number of hydrogen-bond acceptors (Lipinski definition) is 0. The minimum atomic E-state index is 1.25. The van der Waals surface area contributed by atoms with Gasteiger partial charge in [-0.25, -0.2) is 0 Å². The molecule has 0 rings (SSSR count). The van der Waals surface area contributed by atoms with Crippen molar-refractivity contribution in [2.45, 2.75) is 84.5 Å². The molecule has 0 aliphatic rings. The molecule has 0 fully saturated rings. The molecule has 0 aromatic heterocycles. The number of unbranched alkanes of at least 4 members (excludes halogenated alkanes) is 9. The van der Waals surface area contributed by atoms with Crippen molar-refractivity contribution in [3.05, 3.63) is 24.3 Å². The van der Waals surface area contributed by atoms with E-state index in [0.29, 0.717) is 0 Å². The lowest BCUT2D eigenvalue weighted by Crippen LogP contribution is -1.77. The van der Waals surface area contributed by atoms with Crippen LogP contribution in [0.5, 0.6) is 0 Å². The lowest BCUT2D eigenvalue weighted by Gasteiger charge is -1.97. The van der Waals surface area contributed by atoms with Gasteiger partial charge in [-0.05, 0) is 25.7 Å². The second-order valence-electron chi connectivity index (χ2n) is 4.91. The second kappa shape index (κ2) is 15.5. The van der Waals surface area contributed by atoms with Gasteiger partial charge in [-0.3, -0.25) is 0 Å². The molecule has 0 aromatic rings. The third kappa shape index (κ3) is 15.5. The van der Waals surface area contributed by atoms with Crippen molar-refractivity contribution in [1.82, 2.24) is 0 Å². The predicted molar refractivity (Wildman–Crippen MR) is 80.4 cm³/mol. The molecule has 0 nitrogen and oxygen atoms in total. The quantitative estimate of drug-likeness (QED) is 0.270. The Bertz CT molecular complexity index is 176. The van der Waals surface area contributed by atoms with Crippen LogP contribution in [-0.2, 0) is 0 Å². The van der Waals surface area contributed by atoms with Crippen LogP contribution in [0.2, 0.25) is 0 Å². The maximum atomic E-state index is 2.32. The van der Waals surface area contributed by atoms with Gasteiger partial charge in [0.1, 0.15) is 0 Å². The van der Waals surface area contributed by atoms with Gasteiger partial charge in [0.05, 0.1) is 0 Å². The third-order valence-corrected chi connectivity index (χ3v) is 3.08. The van der Waals surface area contributed by atoms with Gasteiger partial charge in [-0.1, -0.05) is 83.1 Å². The third-order valence-electron chi connectivity index (χ3n) is 3.08. The van der Waals surface area contributed by atoms with Gasteiger partial charge in [0.2, 0.25) is 0 Å². The Hall–Kier alpha value is -0.520. The first-order valence-corrected chi connectivity index (χ1v) is 7.73. The molecule has 100 valence electrons. The zero-order valence-electron chi connectivity index (χ0n) is 12.1. The summed E-state index contributed by atoms with van der Waals surface area (Å²) in [6.45, 7) is 4.53. The van der Waals surface area contributed by atoms with Crippen molar-refractivity contribution in [2.24, 2.45) is 0 Å². The van der Waals surface area contributed by atoms with Crippen molar-refractivity contribution in [2.75, 3.05) is 0 Å². The van der Waals surface area contributed by atoms with Crippen molar-refractivity contribution in [3.8, 4) is 0 Å². The van der Waals surface area contributed by atoms with Crippen LogP contribution >= 0.6 is 0 Å². The maximum absolute atomic E-state index is 2.32. The lowest BCUT2D eigenvalue weighted by molar-refractivity contribution is 0.611. The van der Waals surface area contributed by atoms with E-state index in [-0.39, 0.29) is 0 Å². The van der Waals surface area contributed by atoms with Crippen molar-refractivity contribution >= 4 is 0 Å². The Labute approximate surface area is 109 Å². The first kappa shape index (κ1) is 16.5. The van der Waals surface area contributed by atoms with Crippen LogP contribution in [0.1, 0.15) is 84.5 Å². The molecule has 17 heavy (non-hydrogen) atoms. The van der Waals surface area contributed by atoms with E-state index in [2.05, 4.69) is 38.2 Å². The van der Waals surface area contributed by atoms with Crippen LogP contribution in [0.4, 0.5) is 0 Å². The number of hydrogen-bond donors (Lipinski definition) is 0. The lowest BCUT2D eigenvalue weighted by atomic mass is 10.1. The minimum absolute atomic E-state index is 1.25. The fourth-order valence-corrected chi connectivity index (χ4v) is 1.90. The largest absolute Gasteiger partial charge is 0.0845 e. The van der Waals surface area contributed by atoms with Gasteiger partial charge in [-0.2, -0.15) is 0 Å². The van der Waals surface area contributed by atoms with E-state index >= 15 is 0 Å². The molecule has 0 aliphatic carbocycles. The Morgan fingerprint density at radius 2 is 0.941 bits per heavy atom. The van der Waals surface area contributed by atoms with E-state index in [1.54, 1.807) is 0 Å². The van der Waals surface area contributed by atoms with E-state index in [0.717, 1.165) is 0 Å². The summed E-state index contributed by atoms with van der Waals surface area (Å²) in [5.41, 5.74) is 0. The SMILES string of the molecule is CCCCC/C=C\C=C\CCCCCCCC. The highest BCUT2D eigenvalue weighted by Gasteiger charge is 1.87. The Balaban J connectivity index is 3.13. The topological polar surface area (TPSA) is 0 Å². The van der Waals surface area contributed by atoms with Crippen molar-refractivity contribution < 1.29 is 0 Å². The van der Waals surface area contributed by atoms with E-state index in [1.165, 1.54) is 70.6 Å². The van der Waals surface area contributed by atoms with Crippen molar-refractivity contribution in [3.63, 3.8) is 0 Å². The molecule has 0 amide bonds. The standard InChI is InChI=1S/C17H32/c1-3-5-7-9-11-13-15-17-16-14-12-10-8-6-4-2/h11,13,15,17H,3-10,12,14,16H2,1-2H3/b13-11-,17-15+. The molecular weight excluding hydrogens is 204 g/mol.